The summed E-state index contributed by atoms with van der Waals surface area (Å²) in [5.41, 5.74) is 1.68. The first-order valence-corrected chi connectivity index (χ1v) is 10.0. The van der Waals surface area contributed by atoms with E-state index in [0.29, 0.717) is 33.9 Å². The summed E-state index contributed by atoms with van der Waals surface area (Å²) in [7, 11) is 6.09. The summed E-state index contributed by atoms with van der Waals surface area (Å²) in [5.74, 6) is -0.130. The van der Waals surface area contributed by atoms with Gasteiger partial charge in [-0.1, -0.05) is 0 Å². The number of likely N-dealkylation sites (tertiary alicyclic amines) is 1. The summed E-state index contributed by atoms with van der Waals surface area (Å²) in [6.07, 6.45) is 0. The van der Waals surface area contributed by atoms with Crippen LogP contribution in [0.25, 0.3) is 5.76 Å². The smallest absolute Gasteiger partial charge is 0.295 e. The van der Waals surface area contributed by atoms with Crippen molar-refractivity contribution in [1.82, 2.24) is 4.90 Å². The summed E-state index contributed by atoms with van der Waals surface area (Å²) in [5, 5.41) is 11.2. The highest BCUT2D eigenvalue weighted by Crippen LogP contribution is 2.44. The molecule has 1 saturated heterocycles. The molecule has 0 saturated carbocycles. The van der Waals surface area contributed by atoms with Crippen LogP contribution in [0.1, 0.15) is 22.7 Å². The Bertz CT molecular complexity index is 1060. The number of ether oxygens (including phenoxy) is 4. The fraction of sp³-hybridized carbons (Fsp3) is 0.333. The van der Waals surface area contributed by atoms with Gasteiger partial charge in [0, 0.05) is 30.8 Å². The Hall–Kier alpha value is -3.52. The fourth-order valence-corrected chi connectivity index (χ4v) is 3.84. The fourth-order valence-electron chi connectivity index (χ4n) is 3.84. The number of aryl methyl sites for hydroxylation is 1. The average molecular weight is 441 g/mol. The van der Waals surface area contributed by atoms with Crippen LogP contribution < -0.4 is 14.2 Å². The minimum Gasteiger partial charge on any atom is -0.507 e. The van der Waals surface area contributed by atoms with Gasteiger partial charge in [0.25, 0.3) is 11.7 Å². The van der Waals surface area contributed by atoms with Gasteiger partial charge in [0.2, 0.25) is 0 Å². The van der Waals surface area contributed by atoms with Crippen molar-refractivity contribution < 1.29 is 33.6 Å². The predicted molar refractivity (Wildman–Crippen MR) is 118 cm³/mol. The molecule has 32 heavy (non-hydrogen) atoms. The van der Waals surface area contributed by atoms with E-state index in [1.54, 1.807) is 50.4 Å². The number of carbonyl (C=O) groups excluding carboxylic acids is 2. The molecule has 1 unspecified atom stereocenters. The van der Waals surface area contributed by atoms with E-state index in [4.69, 9.17) is 18.9 Å². The predicted octanol–water partition coefficient (Wildman–Crippen LogP) is 3.09. The van der Waals surface area contributed by atoms with Crippen LogP contribution in [0, 0.1) is 6.92 Å². The molecular formula is C24H27NO7. The number of hydrogen-bond acceptors (Lipinski definition) is 7. The number of nitrogens with zero attached hydrogens (tertiary/aromatic N) is 1. The number of aliphatic hydroxyl groups excluding tert-OH is 1. The van der Waals surface area contributed by atoms with Gasteiger partial charge in [0.05, 0.1) is 39.6 Å². The van der Waals surface area contributed by atoms with Gasteiger partial charge in [-0.15, -0.1) is 0 Å². The number of aliphatic hydroxyl groups is 1. The molecule has 1 fully saturated rings. The van der Waals surface area contributed by atoms with E-state index < -0.39 is 17.7 Å². The molecule has 0 radical (unpaired) electrons. The van der Waals surface area contributed by atoms with Crippen molar-refractivity contribution in [1.29, 1.82) is 0 Å². The number of benzene rings is 2. The van der Waals surface area contributed by atoms with E-state index in [1.165, 1.54) is 26.2 Å². The molecule has 8 nitrogen and oxygen atoms in total. The van der Waals surface area contributed by atoms with Crippen molar-refractivity contribution in [2.45, 2.75) is 13.0 Å². The van der Waals surface area contributed by atoms with Crippen molar-refractivity contribution in [3.8, 4) is 17.2 Å². The van der Waals surface area contributed by atoms with E-state index in [-0.39, 0.29) is 24.5 Å². The van der Waals surface area contributed by atoms with E-state index in [1.807, 2.05) is 0 Å². The molecule has 0 aliphatic carbocycles. The Morgan fingerprint density at radius 2 is 1.62 bits per heavy atom. The number of carbonyl (C=O) groups is 2. The Balaban J connectivity index is 2.24. The van der Waals surface area contributed by atoms with Gasteiger partial charge in [-0.3, -0.25) is 9.59 Å². The van der Waals surface area contributed by atoms with Gasteiger partial charge in [-0.2, -0.15) is 0 Å². The monoisotopic (exact) mass is 441 g/mol. The summed E-state index contributed by atoms with van der Waals surface area (Å²) in [6.45, 7) is 2.18. The van der Waals surface area contributed by atoms with E-state index in [0.717, 1.165) is 0 Å². The standard InChI is InChI=1S/C24H27NO7/c1-14-12-15(30-3)6-8-17(14)22(26)20-21(25(10-11-29-2)24(28)23(20)27)18-9-7-16(31-4)13-19(18)32-5/h6-9,12-13,21,26H,10-11H2,1-5H3. The molecule has 3 rings (SSSR count). The van der Waals surface area contributed by atoms with Crippen LogP contribution >= 0.6 is 0 Å². The molecule has 0 spiro atoms. The maximum absolute atomic E-state index is 13.1. The Morgan fingerprint density at radius 1 is 0.969 bits per heavy atom. The lowest BCUT2D eigenvalue weighted by molar-refractivity contribution is -0.140. The topological polar surface area (TPSA) is 94.5 Å². The van der Waals surface area contributed by atoms with Crippen LogP contribution in [0.4, 0.5) is 0 Å². The summed E-state index contributed by atoms with van der Waals surface area (Å²) in [4.78, 5) is 27.4. The minimum absolute atomic E-state index is 0.0113. The first-order chi connectivity index (χ1) is 15.4. The number of Topliss-reactive ketones (excluding diaryl/α,β-unsaturated/α-hetero) is 1. The number of rotatable bonds is 8. The maximum Gasteiger partial charge on any atom is 0.295 e. The second kappa shape index (κ2) is 9.74. The zero-order valence-corrected chi connectivity index (χ0v) is 18.8. The summed E-state index contributed by atoms with van der Waals surface area (Å²) >= 11 is 0. The van der Waals surface area contributed by atoms with E-state index >= 15 is 0 Å². The molecule has 2 aromatic rings. The minimum atomic E-state index is -0.854. The second-order valence-electron chi connectivity index (χ2n) is 7.27. The Kier molecular flexibility index (Phi) is 7.05. The zero-order valence-electron chi connectivity index (χ0n) is 18.8. The van der Waals surface area contributed by atoms with E-state index in [2.05, 4.69) is 0 Å². The lowest BCUT2D eigenvalue weighted by Crippen LogP contribution is -2.32. The van der Waals surface area contributed by atoms with Crippen molar-refractivity contribution in [2.24, 2.45) is 0 Å². The third kappa shape index (κ3) is 4.13. The second-order valence-corrected chi connectivity index (χ2v) is 7.27. The molecule has 1 heterocycles. The van der Waals surface area contributed by atoms with Crippen LogP contribution in [0.5, 0.6) is 17.2 Å². The van der Waals surface area contributed by atoms with Crippen molar-refractivity contribution >= 4 is 17.4 Å². The summed E-state index contributed by atoms with van der Waals surface area (Å²) in [6, 6.07) is 9.35. The quantitative estimate of drug-likeness (QED) is 0.382. The number of hydrogen-bond donors (Lipinski definition) is 1. The molecule has 1 N–H and O–H groups in total. The van der Waals surface area contributed by atoms with Gasteiger partial charge in [0.15, 0.2) is 0 Å². The van der Waals surface area contributed by atoms with Crippen molar-refractivity contribution in [3.05, 3.63) is 58.7 Å². The van der Waals surface area contributed by atoms with Gasteiger partial charge < -0.3 is 29.0 Å². The largest absolute Gasteiger partial charge is 0.507 e. The van der Waals surface area contributed by atoms with Gasteiger partial charge in [-0.25, -0.2) is 0 Å². The number of ketones is 1. The highest BCUT2D eigenvalue weighted by atomic mass is 16.5. The molecule has 170 valence electrons. The summed E-state index contributed by atoms with van der Waals surface area (Å²) < 4.78 is 21.2. The highest BCUT2D eigenvalue weighted by molar-refractivity contribution is 6.46. The normalized spacial score (nSPS) is 17.5. The van der Waals surface area contributed by atoms with Crippen LogP contribution in [0.2, 0.25) is 0 Å². The van der Waals surface area contributed by atoms with Crippen LogP contribution in [-0.2, 0) is 14.3 Å². The van der Waals surface area contributed by atoms with Crippen molar-refractivity contribution in [3.63, 3.8) is 0 Å². The van der Waals surface area contributed by atoms with Gasteiger partial charge >= 0.3 is 0 Å². The lowest BCUT2D eigenvalue weighted by atomic mass is 9.93. The lowest BCUT2D eigenvalue weighted by Gasteiger charge is -2.26. The molecule has 1 aliphatic rings. The van der Waals surface area contributed by atoms with E-state index in [9.17, 15) is 14.7 Å². The molecule has 1 aliphatic heterocycles. The highest BCUT2D eigenvalue weighted by Gasteiger charge is 2.47. The third-order valence-electron chi connectivity index (χ3n) is 5.50. The Labute approximate surface area is 187 Å². The number of methoxy groups -OCH3 is 4. The molecule has 8 heteroatoms. The molecule has 2 aromatic carbocycles. The van der Waals surface area contributed by atoms with Crippen LogP contribution in [-0.4, -0.2) is 63.3 Å². The first kappa shape index (κ1) is 23.1. The van der Waals surface area contributed by atoms with Crippen molar-refractivity contribution in [2.75, 3.05) is 41.6 Å². The van der Waals surface area contributed by atoms with Crippen LogP contribution in [0.15, 0.2) is 42.0 Å². The zero-order chi connectivity index (χ0) is 23.4. The van der Waals surface area contributed by atoms with Gasteiger partial charge in [-0.05, 0) is 42.8 Å². The van der Waals surface area contributed by atoms with Crippen LogP contribution in [0.3, 0.4) is 0 Å². The maximum atomic E-state index is 13.1. The molecule has 0 bridgehead atoms. The SMILES string of the molecule is COCCN1C(=O)C(=O)C(=C(O)c2ccc(OC)cc2C)C1c1ccc(OC)cc1OC. The molecule has 1 atom stereocenters. The first-order valence-electron chi connectivity index (χ1n) is 10.0. The molecule has 1 amide bonds. The molecular weight excluding hydrogens is 414 g/mol. The number of amides is 1. The average Bonchev–Trinajstić information content (AvgIpc) is 3.06. The third-order valence-corrected chi connectivity index (χ3v) is 5.50. The van der Waals surface area contributed by atoms with Gasteiger partial charge in [0.1, 0.15) is 23.0 Å². The Morgan fingerprint density at radius 3 is 2.22 bits per heavy atom. The molecule has 0 aromatic heterocycles.